The number of rotatable bonds is 4. The second-order valence-corrected chi connectivity index (χ2v) is 5.90. The van der Waals surface area contributed by atoms with Gasteiger partial charge in [-0.25, -0.2) is 0 Å². The summed E-state index contributed by atoms with van der Waals surface area (Å²) in [6.07, 6.45) is 8.30. The van der Waals surface area contributed by atoms with Crippen LogP contribution in [-0.4, -0.2) is 6.10 Å². The highest BCUT2D eigenvalue weighted by Gasteiger charge is 2.15. The van der Waals surface area contributed by atoms with Gasteiger partial charge in [-0.1, -0.05) is 25.5 Å². The number of allylic oxidation sites excluding steroid dienone is 1. The highest BCUT2D eigenvalue weighted by molar-refractivity contribution is 5.38. The molecular weight excluding hydrogens is 232 g/mol. The molecule has 0 amide bonds. The maximum absolute atomic E-state index is 5.83. The molecule has 0 bridgehead atoms. The van der Waals surface area contributed by atoms with Gasteiger partial charge in [0.15, 0.2) is 0 Å². The van der Waals surface area contributed by atoms with Crippen LogP contribution in [0.1, 0.15) is 54.9 Å². The van der Waals surface area contributed by atoms with E-state index < -0.39 is 0 Å². The molecule has 0 fully saturated rings. The SMILES string of the molecule is CCCC1CCC(Cc2cc(C)c(C)cc2C)=CO1. The topological polar surface area (TPSA) is 9.23 Å². The maximum Gasteiger partial charge on any atom is 0.0981 e. The van der Waals surface area contributed by atoms with Gasteiger partial charge in [-0.3, -0.25) is 0 Å². The monoisotopic (exact) mass is 258 g/mol. The molecule has 0 aliphatic carbocycles. The molecule has 1 aliphatic rings. The minimum Gasteiger partial charge on any atom is -0.498 e. The molecule has 0 saturated carbocycles. The lowest BCUT2D eigenvalue weighted by atomic mass is 9.93. The first-order chi connectivity index (χ1) is 9.10. The first-order valence-electron chi connectivity index (χ1n) is 7.50. The van der Waals surface area contributed by atoms with Crippen molar-refractivity contribution < 1.29 is 4.74 Å². The van der Waals surface area contributed by atoms with Gasteiger partial charge in [-0.2, -0.15) is 0 Å². The Bertz CT molecular complexity index is 471. The minimum absolute atomic E-state index is 0.453. The van der Waals surface area contributed by atoms with Gasteiger partial charge in [0.05, 0.1) is 12.4 Å². The van der Waals surface area contributed by atoms with Crippen LogP contribution in [0.4, 0.5) is 0 Å². The van der Waals surface area contributed by atoms with Gasteiger partial charge in [0.1, 0.15) is 0 Å². The average molecular weight is 258 g/mol. The van der Waals surface area contributed by atoms with Crippen LogP contribution in [0.2, 0.25) is 0 Å². The minimum atomic E-state index is 0.453. The zero-order valence-electron chi connectivity index (χ0n) is 12.8. The van der Waals surface area contributed by atoms with Crippen LogP contribution >= 0.6 is 0 Å². The molecule has 0 radical (unpaired) electrons. The molecule has 1 aromatic rings. The summed E-state index contributed by atoms with van der Waals surface area (Å²) in [6.45, 7) is 8.82. The molecular formula is C18H26O. The summed E-state index contributed by atoms with van der Waals surface area (Å²) in [5, 5.41) is 0. The molecule has 1 unspecified atom stereocenters. The predicted octanol–water partition coefficient (Wildman–Crippen LogP) is 5.02. The molecule has 0 spiro atoms. The van der Waals surface area contributed by atoms with Crippen LogP contribution in [0.25, 0.3) is 0 Å². The molecule has 1 atom stereocenters. The van der Waals surface area contributed by atoms with E-state index in [9.17, 15) is 0 Å². The van der Waals surface area contributed by atoms with Crippen molar-refractivity contribution in [2.24, 2.45) is 0 Å². The normalized spacial score (nSPS) is 18.9. The Morgan fingerprint density at radius 3 is 2.47 bits per heavy atom. The average Bonchev–Trinajstić information content (AvgIpc) is 2.38. The first kappa shape index (κ1) is 14.2. The molecule has 19 heavy (non-hydrogen) atoms. The van der Waals surface area contributed by atoms with Crippen molar-refractivity contribution in [1.82, 2.24) is 0 Å². The van der Waals surface area contributed by atoms with E-state index in [1.807, 2.05) is 6.26 Å². The van der Waals surface area contributed by atoms with E-state index in [4.69, 9.17) is 4.74 Å². The number of aryl methyl sites for hydroxylation is 3. The molecule has 0 aromatic heterocycles. The Morgan fingerprint density at radius 2 is 1.84 bits per heavy atom. The Morgan fingerprint density at radius 1 is 1.11 bits per heavy atom. The largest absolute Gasteiger partial charge is 0.498 e. The van der Waals surface area contributed by atoms with E-state index >= 15 is 0 Å². The fourth-order valence-electron chi connectivity index (χ4n) is 2.79. The van der Waals surface area contributed by atoms with Crippen LogP contribution < -0.4 is 0 Å². The number of hydrogen-bond acceptors (Lipinski definition) is 1. The van der Waals surface area contributed by atoms with Gasteiger partial charge in [-0.05, 0) is 74.3 Å². The highest BCUT2D eigenvalue weighted by atomic mass is 16.5. The Hall–Kier alpha value is -1.24. The van der Waals surface area contributed by atoms with Gasteiger partial charge < -0.3 is 4.74 Å². The molecule has 1 aromatic carbocycles. The summed E-state index contributed by atoms with van der Waals surface area (Å²) >= 11 is 0. The van der Waals surface area contributed by atoms with E-state index in [0.717, 1.165) is 6.42 Å². The maximum atomic E-state index is 5.83. The second-order valence-electron chi connectivity index (χ2n) is 5.90. The van der Waals surface area contributed by atoms with Gasteiger partial charge in [-0.15, -0.1) is 0 Å². The zero-order chi connectivity index (χ0) is 13.8. The van der Waals surface area contributed by atoms with Gasteiger partial charge in [0, 0.05) is 0 Å². The van der Waals surface area contributed by atoms with E-state index in [-0.39, 0.29) is 0 Å². The molecule has 0 saturated heterocycles. The van der Waals surface area contributed by atoms with Gasteiger partial charge in [0.2, 0.25) is 0 Å². The molecule has 1 heterocycles. The fraction of sp³-hybridized carbons (Fsp3) is 0.556. The lowest BCUT2D eigenvalue weighted by Crippen LogP contribution is -2.15. The second kappa shape index (κ2) is 6.27. The number of hydrogen-bond donors (Lipinski definition) is 0. The van der Waals surface area contributed by atoms with E-state index in [2.05, 4.69) is 39.8 Å². The third-order valence-electron chi connectivity index (χ3n) is 4.20. The zero-order valence-corrected chi connectivity index (χ0v) is 12.8. The van der Waals surface area contributed by atoms with Gasteiger partial charge in [0.25, 0.3) is 0 Å². The number of benzene rings is 1. The standard InChI is InChI=1S/C18H26O/c1-5-6-18-8-7-16(12-19-18)11-17-10-14(3)13(2)9-15(17)4/h9-10,12,18H,5-8,11H2,1-4H3. The lowest BCUT2D eigenvalue weighted by Gasteiger charge is -2.23. The first-order valence-corrected chi connectivity index (χ1v) is 7.50. The highest BCUT2D eigenvalue weighted by Crippen LogP contribution is 2.25. The molecule has 1 nitrogen and oxygen atoms in total. The van der Waals surface area contributed by atoms with Crippen molar-refractivity contribution >= 4 is 0 Å². The Labute approximate surface area is 117 Å². The third-order valence-corrected chi connectivity index (χ3v) is 4.20. The van der Waals surface area contributed by atoms with Crippen LogP contribution in [0, 0.1) is 20.8 Å². The van der Waals surface area contributed by atoms with E-state index in [0.29, 0.717) is 6.10 Å². The predicted molar refractivity (Wildman–Crippen MR) is 81.5 cm³/mol. The lowest BCUT2D eigenvalue weighted by molar-refractivity contribution is 0.110. The summed E-state index contributed by atoms with van der Waals surface area (Å²) in [4.78, 5) is 0. The van der Waals surface area contributed by atoms with Crippen molar-refractivity contribution in [3.8, 4) is 0 Å². The summed E-state index contributed by atoms with van der Waals surface area (Å²) in [5.74, 6) is 0. The summed E-state index contributed by atoms with van der Waals surface area (Å²) in [7, 11) is 0. The summed E-state index contributed by atoms with van der Waals surface area (Å²) in [6, 6.07) is 4.64. The molecule has 2 rings (SSSR count). The third kappa shape index (κ3) is 3.62. The van der Waals surface area contributed by atoms with Crippen LogP contribution in [0.5, 0.6) is 0 Å². The Kier molecular flexibility index (Phi) is 4.68. The smallest absolute Gasteiger partial charge is 0.0981 e. The molecule has 1 aliphatic heterocycles. The fourth-order valence-corrected chi connectivity index (χ4v) is 2.79. The van der Waals surface area contributed by atoms with Crippen molar-refractivity contribution in [2.75, 3.05) is 0 Å². The Balaban J connectivity index is 2.04. The number of ether oxygens (including phenoxy) is 1. The van der Waals surface area contributed by atoms with Crippen molar-refractivity contribution in [2.45, 2.75) is 65.9 Å². The summed E-state index contributed by atoms with van der Waals surface area (Å²) < 4.78 is 5.83. The van der Waals surface area contributed by atoms with Crippen molar-refractivity contribution in [3.63, 3.8) is 0 Å². The van der Waals surface area contributed by atoms with Crippen LogP contribution in [0.3, 0.4) is 0 Å². The summed E-state index contributed by atoms with van der Waals surface area (Å²) in [5.41, 5.74) is 7.07. The molecule has 0 N–H and O–H groups in total. The van der Waals surface area contributed by atoms with E-state index in [1.54, 1.807) is 0 Å². The van der Waals surface area contributed by atoms with E-state index in [1.165, 1.54) is 53.5 Å². The van der Waals surface area contributed by atoms with Crippen molar-refractivity contribution in [3.05, 3.63) is 46.2 Å². The molecule has 104 valence electrons. The van der Waals surface area contributed by atoms with Crippen LogP contribution in [-0.2, 0) is 11.2 Å². The molecule has 1 heteroatoms. The van der Waals surface area contributed by atoms with Crippen LogP contribution in [0.15, 0.2) is 24.0 Å². The quantitative estimate of drug-likeness (QED) is 0.737. The van der Waals surface area contributed by atoms with Gasteiger partial charge >= 0.3 is 0 Å². The van der Waals surface area contributed by atoms with Crippen molar-refractivity contribution in [1.29, 1.82) is 0 Å².